The number of nitrogens with one attached hydrogen (secondary N) is 1. The molecule has 8 heteroatoms. The van der Waals surface area contributed by atoms with Crippen molar-refractivity contribution in [3.8, 4) is 0 Å². The first-order valence-corrected chi connectivity index (χ1v) is 10.0. The minimum absolute atomic E-state index is 0.141. The van der Waals surface area contributed by atoms with Crippen molar-refractivity contribution >= 4 is 23.4 Å². The molecule has 2 aromatic carbocycles. The van der Waals surface area contributed by atoms with Gasteiger partial charge in [0.25, 0.3) is 11.6 Å². The molecule has 0 unspecified atom stereocenters. The van der Waals surface area contributed by atoms with E-state index in [0.717, 1.165) is 37.7 Å². The van der Waals surface area contributed by atoms with Gasteiger partial charge in [0.1, 0.15) is 5.82 Å². The molecular weight excluding hydrogens is 381 g/mol. The van der Waals surface area contributed by atoms with Crippen LogP contribution in [-0.2, 0) is 0 Å². The zero-order chi connectivity index (χ0) is 20.1. The standard InChI is InChI=1S/C20H22FN3O3S/c1-2-23-11-3-4-16(23)13-22-20(25)14-5-10-19(18(12-14)24(26)27)28-17-8-6-15(21)7-9-17/h5-10,12,16H,2-4,11,13H2,1H3,(H,22,25)/t16-/m0/s1. The van der Waals surface area contributed by atoms with Gasteiger partial charge in [0.15, 0.2) is 0 Å². The maximum absolute atomic E-state index is 13.0. The van der Waals surface area contributed by atoms with Crippen molar-refractivity contribution in [2.75, 3.05) is 19.6 Å². The van der Waals surface area contributed by atoms with Crippen LogP contribution in [0.25, 0.3) is 0 Å². The van der Waals surface area contributed by atoms with E-state index >= 15 is 0 Å². The Bertz CT molecular complexity index is 860. The molecule has 1 N–H and O–H groups in total. The molecule has 1 amide bonds. The first kappa shape index (κ1) is 20.3. The third kappa shape index (κ3) is 4.88. The van der Waals surface area contributed by atoms with Gasteiger partial charge in [-0.15, -0.1) is 0 Å². The molecular formula is C20H22FN3O3S. The Balaban J connectivity index is 1.71. The molecule has 3 rings (SSSR count). The molecule has 0 saturated carbocycles. The fourth-order valence-corrected chi connectivity index (χ4v) is 4.27. The van der Waals surface area contributed by atoms with E-state index in [1.54, 1.807) is 24.3 Å². The lowest BCUT2D eigenvalue weighted by molar-refractivity contribution is -0.387. The molecule has 1 atom stereocenters. The van der Waals surface area contributed by atoms with Crippen LogP contribution >= 0.6 is 11.8 Å². The third-order valence-electron chi connectivity index (χ3n) is 4.86. The summed E-state index contributed by atoms with van der Waals surface area (Å²) in [4.78, 5) is 26.9. The van der Waals surface area contributed by atoms with Crippen LogP contribution < -0.4 is 5.32 Å². The van der Waals surface area contributed by atoms with Crippen molar-refractivity contribution in [1.82, 2.24) is 10.2 Å². The zero-order valence-electron chi connectivity index (χ0n) is 15.6. The van der Waals surface area contributed by atoms with E-state index in [1.807, 2.05) is 0 Å². The number of benzene rings is 2. The molecule has 0 aliphatic carbocycles. The summed E-state index contributed by atoms with van der Waals surface area (Å²) in [6.45, 7) is 4.62. The van der Waals surface area contributed by atoms with Crippen LogP contribution in [-0.4, -0.2) is 41.4 Å². The topological polar surface area (TPSA) is 75.5 Å². The molecule has 1 saturated heterocycles. The maximum Gasteiger partial charge on any atom is 0.284 e. The predicted molar refractivity (Wildman–Crippen MR) is 106 cm³/mol. The summed E-state index contributed by atoms with van der Waals surface area (Å²) in [6, 6.07) is 10.5. The van der Waals surface area contributed by atoms with Crippen LogP contribution in [0, 0.1) is 15.9 Å². The summed E-state index contributed by atoms with van der Waals surface area (Å²) in [7, 11) is 0. The third-order valence-corrected chi connectivity index (χ3v) is 5.94. The molecule has 0 bridgehead atoms. The fraction of sp³-hybridized carbons (Fsp3) is 0.350. The molecule has 1 aliphatic rings. The van der Waals surface area contributed by atoms with Crippen molar-refractivity contribution in [2.24, 2.45) is 0 Å². The summed E-state index contributed by atoms with van der Waals surface area (Å²) < 4.78 is 13.0. The number of hydrogen-bond acceptors (Lipinski definition) is 5. The minimum atomic E-state index is -0.502. The van der Waals surface area contributed by atoms with E-state index in [0.29, 0.717) is 22.4 Å². The van der Waals surface area contributed by atoms with Gasteiger partial charge in [0, 0.05) is 29.1 Å². The second kappa shape index (κ2) is 9.16. The number of nitrogens with zero attached hydrogens (tertiary/aromatic N) is 2. The van der Waals surface area contributed by atoms with Gasteiger partial charge >= 0.3 is 0 Å². The van der Waals surface area contributed by atoms with E-state index in [2.05, 4.69) is 17.1 Å². The molecule has 0 radical (unpaired) electrons. The van der Waals surface area contributed by atoms with Crippen molar-refractivity contribution in [3.05, 3.63) is 64.0 Å². The van der Waals surface area contributed by atoms with Crippen molar-refractivity contribution in [1.29, 1.82) is 0 Å². The quantitative estimate of drug-likeness (QED) is 0.556. The van der Waals surface area contributed by atoms with E-state index in [1.165, 1.54) is 18.2 Å². The average molecular weight is 403 g/mol. The maximum atomic E-state index is 13.0. The van der Waals surface area contributed by atoms with E-state index < -0.39 is 4.92 Å². The lowest BCUT2D eigenvalue weighted by atomic mass is 10.1. The minimum Gasteiger partial charge on any atom is -0.350 e. The number of halogens is 1. The SMILES string of the molecule is CCN1CCC[C@H]1CNC(=O)c1ccc(Sc2ccc(F)cc2)c([N+](=O)[O-])c1. The Morgan fingerprint density at radius 3 is 2.75 bits per heavy atom. The number of likely N-dealkylation sites (tertiary alicyclic amines) is 1. The van der Waals surface area contributed by atoms with Crippen LogP contribution in [0.2, 0.25) is 0 Å². The summed E-state index contributed by atoms with van der Waals surface area (Å²) in [5.41, 5.74) is 0.120. The van der Waals surface area contributed by atoms with E-state index in [9.17, 15) is 19.3 Å². The molecule has 6 nitrogen and oxygen atoms in total. The predicted octanol–water partition coefficient (Wildman–Crippen LogP) is 4.10. The molecule has 0 spiro atoms. The lowest BCUT2D eigenvalue weighted by Crippen LogP contribution is -2.40. The van der Waals surface area contributed by atoms with E-state index in [4.69, 9.17) is 0 Å². The Morgan fingerprint density at radius 1 is 1.32 bits per heavy atom. The highest BCUT2D eigenvalue weighted by molar-refractivity contribution is 7.99. The number of likely N-dealkylation sites (N-methyl/N-ethyl adjacent to an activating group) is 1. The summed E-state index contributed by atoms with van der Waals surface area (Å²) >= 11 is 1.16. The summed E-state index contributed by atoms with van der Waals surface area (Å²) in [5, 5.41) is 14.4. The van der Waals surface area contributed by atoms with Gasteiger partial charge in [-0.3, -0.25) is 19.8 Å². The number of amides is 1. The lowest BCUT2D eigenvalue weighted by Gasteiger charge is -2.22. The summed E-state index contributed by atoms with van der Waals surface area (Å²) in [5.74, 6) is -0.681. The molecule has 1 fully saturated rings. The summed E-state index contributed by atoms with van der Waals surface area (Å²) in [6.07, 6.45) is 2.16. The second-order valence-corrected chi connectivity index (χ2v) is 7.75. The molecule has 148 valence electrons. The highest BCUT2D eigenvalue weighted by atomic mass is 32.2. The van der Waals surface area contributed by atoms with Crippen LogP contribution in [0.3, 0.4) is 0 Å². The largest absolute Gasteiger partial charge is 0.350 e. The highest BCUT2D eigenvalue weighted by Crippen LogP contribution is 2.35. The van der Waals surface area contributed by atoms with Gasteiger partial charge < -0.3 is 5.32 Å². The monoisotopic (exact) mass is 403 g/mol. The van der Waals surface area contributed by atoms with Crippen LogP contribution in [0.1, 0.15) is 30.1 Å². The first-order valence-electron chi connectivity index (χ1n) is 9.22. The second-order valence-electron chi connectivity index (χ2n) is 6.63. The van der Waals surface area contributed by atoms with Gasteiger partial charge in [-0.2, -0.15) is 0 Å². The van der Waals surface area contributed by atoms with Gasteiger partial charge in [-0.1, -0.05) is 18.7 Å². The Kier molecular flexibility index (Phi) is 6.64. The smallest absolute Gasteiger partial charge is 0.284 e. The molecule has 28 heavy (non-hydrogen) atoms. The van der Waals surface area contributed by atoms with Crippen LogP contribution in [0.15, 0.2) is 52.3 Å². The Labute approximate surface area is 167 Å². The normalized spacial score (nSPS) is 16.9. The molecule has 2 aromatic rings. The number of hydrogen-bond donors (Lipinski definition) is 1. The van der Waals surface area contributed by atoms with Gasteiger partial charge in [0.2, 0.25) is 0 Å². The number of carbonyl (C=O) groups is 1. The van der Waals surface area contributed by atoms with Crippen molar-refractivity contribution < 1.29 is 14.1 Å². The van der Waals surface area contributed by atoms with Gasteiger partial charge in [-0.25, -0.2) is 4.39 Å². The fourth-order valence-electron chi connectivity index (χ4n) is 3.37. The zero-order valence-corrected chi connectivity index (χ0v) is 16.4. The molecule has 0 aromatic heterocycles. The Morgan fingerprint density at radius 2 is 2.07 bits per heavy atom. The van der Waals surface area contributed by atoms with Crippen molar-refractivity contribution in [2.45, 2.75) is 35.6 Å². The van der Waals surface area contributed by atoms with Gasteiger partial charge in [0.05, 0.1) is 9.82 Å². The van der Waals surface area contributed by atoms with Crippen LogP contribution in [0.4, 0.5) is 10.1 Å². The first-order chi connectivity index (χ1) is 13.5. The number of nitro groups is 1. The highest BCUT2D eigenvalue weighted by Gasteiger charge is 2.24. The average Bonchev–Trinajstić information content (AvgIpc) is 3.15. The molecule has 1 heterocycles. The number of nitro benzene ring substituents is 1. The van der Waals surface area contributed by atoms with Crippen LogP contribution in [0.5, 0.6) is 0 Å². The Hall–Kier alpha value is -2.45. The molecule has 1 aliphatic heterocycles. The van der Waals surface area contributed by atoms with E-state index in [-0.39, 0.29) is 23.0 Å². The van der Waals surface area contributed by atoms with Crippen molar-refractivity contribution in [3.63, 3.8) is 0 Å². The van der Waals surface area contributed by atoms with Gasteiger partial charge in [-0.05, 0) is 62.3 Å². The number of rotatable bonds is 7. The number of carbonyl (C=O) groups excluding carboxylic acids is 1.